The molecule has 0 atom stereocenters. The number of amides is 1. The summed E-state index contributed by atoms with van der Waals surface area (Å²) < 4.78 is 10.4. The smallest absolute Gasteiger partial charge is 0.417 e. The van der Waals surface area contributed by atoms with Gasteiger partial charge in [-0.3, -0.25) is 5.32 Å². The molecule has 27 heavy (non-hydrogen) atoms. The van der Waals surface area contributed by atoms with Crippen molar-refractivity contribution in [2.45, 2.75) is 6.92 Å². The summed E-state index contributed by atoms with van der Waals surface area (Å²) in [6, 6.07) is 15.8. The molecule has 1 aromatic heterocycles. The first-order valence-corrected chi connectivity index (χ1v) is 9.42. The quantitative estimate of drug-likeness (QED) is 0.544. The van der Waals surface area contributed by atoms with Gasteiger partial charge in [-0.15, -0.1) is 11.3 Å². The number of hydrogen-bond acceptors (Lipinski definition) is 5. The average Bonchev–Trinajstić information content (AvgIpc) is 3.06. The zero-order valence-electron chi connectivity index (χ0n) is 14.4. The van der Waals surface area contributed by atoms with Gasteiger partial charge in [0.05, 0.1) is 6.61 Å². The van der Waals surface area contributed by atoms with E-state index in [-0.39, 0.29) is 12.2 Å². The van der Waals surface area contributed by atoms with E-state index >= 15 is 0 Å². The van der Waals surface area contributed by atoms with Crippen molar-refractivity contribution in [3.63, 3.8) is 0 Å². The molecule has 0 unspecified atom stereocenters. The summed E-state index contributed by atoms with van der Waals surface area (Å²) in [5.74, 6) is -0.110. The van der Waals surface area contributed by atoms with E-state index in [9.17, 15) is 9.59 Å². The molecule has 2 aromatic carbocycles. The largest absolute Gasteiger partial charge is 0.462 e. The lowest BCUT2D eigenvalue weighted by molar-refractivity contribution is 0.0529. The van der Waals surface area contributed by atoms with Crippen LogP contribution >= 0.6 is 22.9 Å². The highest BCUT2D eigenvalue weighted by atomic mass is 35.5. The van der Waals surface area contributed by atoms with Gasteiger partial charge in [-0.1, -0.05) is 41.9 Å². The monoisotopic (exact) mass is 401 g/mol. The predicted octanol–water partition coefficient (Wildman–Crippen LogP) is 5.86. The third-order valence-corrected chi connectivity index (χ3v) is 4.74. The van der Waals surface area contributed by atoms with Crippen molar-refractivity contribution in [1.82, 2.24) is 0 Å². The maximum absolute atomic E-state index is 12.5. The Morgan fingerprint density at radius 2 is 1.78 bits per heavy atom. The van der Waals surface area contributed by atoms with E-state index in [1.165, 1.54) is 11.3 Å². The van der Waals surface area contributed by atoms with E-state index in [2.05, 4.69) is 5.32 Å². The van der Waals surface area contributed by atoms with Crippen molar-refractivity contribution in [3.05, 3.63) is 70.6 Å². The minimum Gasteiger partial charge on any atom is -0.462 e. The Morgan fingerprint density at radius 1 is 1.07 bits per heavy atom. The van der Waals surface area contributed by atoms with Crippen molar-refractivity contribution in [2.24, 2.45) is 0 Å². The Bertz CT molecular complexity index is 938. The Kier molecular flexibility index (Phi) is 6.11. The second kappa shape index (κ2) is 8.70. The summed E-state index contributed by atoms with van der Waals surface area (Å²) in [5.41, 5.74) is 1.74. The van der Waals surface area contributed by atoms with E-state index in [1.807, 2.05) is 6.07 Å². The second-order valence-electron chi connectivity index (χ2n) is 5.41. The van der Waals surface area contributed by atoms with Crippen LogP contribution in [0.3, 0.4) is 0 Å². The number of ether oxygens (including phenoxy) is 2. The maximum atomic E-state index is 12.5. The summed E-state index contributed by atoms with van der Waals surface area (Å²) in [5, 5.41) is 5.37. The van der Waals surface area contributed by atoms with Crippen LogP contribution in [0.25, 0.3) is 11.1 Å². The molecule has 0 aliphatic rings. The van der Waals surface area contributed by atoms with Crippen molar-refractivity contribution in [1.29, 1.82) is 0 Å². The molecule has 0 fully saturated rings. The molecule has 1 N–H and O–H groups in total. The lowest BCUT2D eigenvalue weighted by Gasteiger charge is -2.09. The summed E-state index contributed by atoms with van der Waals surface area (Å²) in [6.45, 7) is 1.95. The van der Waals surface area contributed by atoms with Crippen LogP contribution in [-0.2, 0) is 4.74 Å². The van der Waals surface area contributed by atoms with Gasteiger partial charge in [0.1, 0.15) is 16.3 Å². The summed E-state index contributed by atoms with van der Waals surface area (Å²) in [6.07, 6.45) is -0.684. The highest BCUT2D eigenvalue weighted by Crippen LogP contribution is 2.36. The molecule has 0 aliphatic carbocycles. The third-order valence-electron chi connectivity index (χ3n) is 3.60. The minimum absolute atomic E-state index is 0.225. The molecule has 5 nitrogen and oxygen atoms in total. The highest BCUT2D eigenvalue weighted by Gasteiger charge is 2.23. The maximum Gasteiger partial charge on any atom is 0.417 e. The lowest BCUT2D eigenvalue weighted by atomic mass is 10.0. The van der Waals surface area contributed by atoms with Gasteiger partial charge < -0.3 is 9.47 Å². The van der Waals surface area contributed by atoms with Gasteiger partial charge in [0, 0.05) is 16.0 Å². The first-order chi connectivity index (χ1) is 13.1. The van der Waals surface area contributed by atoms with E-state index in [4.69, 9.17) is 21.1 Å². The van der Waals surface area contributed by atoms with Crippen LogP contribution in [0, 0.1) is 0 Å². The fourth-order valence-corrected chi connectivity index (χ4v) is 3.48. The van der Waals surface area contributed by atoms with Gasteiger partial charge in [-0.2, -0.15) is 0 Å². The van der Waals surface area contributed by atoms with E-state index in [0.717, 1.165) is 5.56 Å². The molecule has 1 heterocycles. The van der Waals surface area contributed by atoms with Gasteiger partial charge >= 0.3 is 12.1 Å². The molecule has 0 bridgehead atoms. The van der Waals surface area contributed by atoms with E-state index in [0.29, 0.717) is 21.3 Å². The number of carbonyl (C=O) groups is 2. The number of benzene rings is 2. The summed E-state index contributed by atoms with van der Waals surface area (Å²) in [4.78, 5) is 24.7. The molecule has 7 heteroatoms. The Morgan fingerprint density at radius 3 is 2.44 bits per heavy atom. The number of thiophene rings is 1. The Balaban J connectivity index is 1.89. The first kappa shape index (κ1) is 18.9. The zero-order valence-corrected chi connectivity index (χ0v) is 16.0. The number of esters is 1. The first-order valence-electron chi connectivity index (χ1n) is 8.17. The molecule has 0 radical (unpaired) electrons. The van der Waals surface area contributed by atoms with Crippen LogP contribution in [0.15, 0.2) is 60.0 Å². The Labute approximate surface area is 165 Å². The summed E-state index contributed by atoms with van der Waals surface area (Å²) in [7, 11) is 0. The number of halogens is 1. The molecule has 0 spiro atoms. The molecule has 3 aromatic rings. The van der Waals surface area contributed by atoms with Gasteiger partial charge in [-0.05, 0) is 36.8 Å². The SMILES string of the molecule is CCOC(=O)c1c(-c2ccc(Cl)cc2)csc1NC(=O)Oc1ccccc1. The summed E-state index contributed by atoms with van der Waals surface area (Å²) >= 11 is 7.16. The second-order valence-corrected chi connectivity index (χ2v) is 6.72. The molecular formula is C20H16ClNO4S. The molecule has 0 saturated heterocycles. The topological polar surface area (TPSA) is 64.6 Å². The molecule has 0 aliphatic heterocycles. The molecule has 1 amide bonds. The van der Waals surface area contributed by atoms with Crippen molar-refractivity contribution in [3.8, 4) is 16.9 Å². The molecule has 0 saturated carbocycles. The fourth-order valence-electron chi connectivity index (χ4n) is 2.41. The number of rotatable bonds is 5. The van der Waals surface area contributed by atoms with Crippen LogP contribution in [0.5, 0.6) is 5.75 Å². The standard InChI is InChI=1S/C20H16ClNO4S/c1-2-25-19(23)17-16(13-8-10-14(21)11-9-13)12-27-18(17)22-20(24)26-15-6-4-3-5-7-15/h3-12H,2H2,1H3,(H,22,24). The van der Waals surface area contributed by atoms with Crippen LogP contribution in [0.4, 0.5) is 9.80 Å². The fraction of sp³-hybridized carbons (Fsp3) is 0.100. The zero-order chi connectivity index (χ0) is 19.2. The number of carbonyl (C=O) groups excluding carboxylic acids is 2. The minimum atomic E-state index is -0.684. The van der Waals surface area contributed by atoms with Crippen LogP contribution in [-0.4, -0.2) is 18.7 Å². The number of anilines is 1. The highest BCUT2D eigenvalue weighted by molar-refractivity contribution is 7.15. The Hall–Kier alpha value is -2.83. The van der Waals surface area contributed by atoms with Crippen LogP contribution in [0.1, 0.15) is 17.3 Å². The predicted molar refractivity (Wildman–Crippen MR) is 107 cm³/mol. The van der Waals surface area contributed by atoms with E-state index < -0.39 is 12.1 Å². The normalized spacial score (nSPS) is 10.3. The number of hydrogen-bond donors (Lipinski definition) is 1. The van der Waals surface area contributed by atoms with Gasteiger partial charge in [-0.25, -0.2) is 9.59 Å². The number of nitrogens with one attached hydrogen (secondary N) is 1. The van der Waals surface area contributed by atoms with E-state index in [1.54, 1.807) is 60.8 Å². The van der Waals surface area contributed by atoms with Gasteiger partial charge in [0.25, 0.3) is 0 Å². The molecule has 3 rings (SSSR count). The van der Waals surface area contributed by atoms with Gasteiger partial charge in [0.2, 0.25) is 0 Å². The van der Waals surface area contributed by atoms with Crippen molar-refractivity contribution >= 4 is 40.0 Å². The molecule has 138 valence electrons. The van der Waals surface area contributed by atoms with Gasteiger partial charge in [0.15, 0.2) is 0 Å². The number of para-hydroxylation sites is 1. The van der Waals surface area contributed by atoms with Crippen molar-refractivity contribution in [2.75, 3.05) is 11.9 Å². The van der Waals surface area contributed by atoms with Crippen molar-refractivity contribution < 1.29 is 19.1 Å². The lowest BCUT2D eigenvalue weighted by Crippen LogP contribution is -2.18. The van der Waals surface area contributed by atoms with Crippen LogP contribution in [0.2, 0.25) is 5.02 Å². The molecular weight excluding hydrogens is 386 g/mol. The average molecular weight is 402 g/mol. The van der Waals surface area contributed by atoms with Crippen LogP contribution < -0.4 is 10.1 Å². The third kappa shape index (κ3) is 4.67.